The Morgan fingerprint density at radius 3 is 1.36 bits per heavy atom. The lowest BCUT2D eigenvalue weighted by molar-refractivity contribution is 0.0957. The SMILES string of the molecule is CCN(CC)[C@@H](C)CCC(=O)c1cc(-c2cnn(C)c2)nc(-c2cnn3ccc(-c4cccs4)nc23)c1.CCN(CC)[C@@H](C)CCC(=O)c1cc(Cl)nc(-c2cnn(C)c2)c1.CCN(CC)[C@@H](C)CCC(=O)c1cc(Cl)nc(Cl)c1.Cn1cc(B(O)O)cn1. The van der Waals surface area contributed by atoms with Crippen LogP contribution in [0.5, 0.6) is 0 Å². The van der Waals surface area contributed by atoms with Gasteiger partial charge in [-0.25, -0.2) is 24.5 Å². The molecule has 0 radical (unpaired) electrons. The van der Waals surface area contributed by atoms with Crippen molar-refractivity contribution in [3.63, 3.8) is 0 Å². The molecule has 9 heterocycles. The van der Waals surface area contributed by atoms with E-state index < -0.39 is 7.12 Å². The van der Waals surface area contributed by atoms with Crippen LogP contribution in [0.15, 0.2) is 110 Å². The summed E-state index contributed by atoms with van der Waals surface area (Å²) in [5, 5.41) is 36.6. The number of aryl methyl sites for hydroxylation is 3. The fraction of sp³-hybridized carbons (Fsp3) is 0.422. The highest BCUT2D eigenvalue weighted by Gasteiger charge is 2.21. The Kier molecular flexibility index (Phi) is 28.0. The average Bonchev–Trinajstić information content (AvgIpc) is 1.82. The molecule has 3 atom stereocenters. The smallest absolute Gasteiger partial charge is 0.423 e. The second-order valence-corrected chi connectivity index (χ2v) is 23.6. The van der Waals surface area contributed by atoms with E-state index in [9.17, 15) is 14.4 Å². The van der Waals surface area contributed by atoms with E-state index >= 15 is 0 Å². The topological polar surface area (TPSA) is 224 Å². The number of pyridine rings is 3. The molecule has 20 nitrogen and oxygen atoms in total. The highest BCUT2D eigenvalue weighted by Crippen LogP contribution is 2.31. The molecular formula is C64H83BCl3N15O5S. The standard InChI is InChI=1S/C28H31N7OS.C18H25ClN4O.C14H20Cl2N2O.C4H7BN2O2/c1-5-34(6-2)19(3)9-10-26(36)20-14-24(21-16-29-33(4)18-21)31-25(15-20)22-17-30-35-12-11-23(32-28(22)35)27-8-7-13-37-27;1-5-23(6-2)13(3)7-8-17(24)14-9-16(21-18(19)10-14)15-11-20-22(4)12-15;1-4-18(5-2)10(3)6-7-12(19)11-8-13(15)17-14(16)9-11;1-7-3-4(2-6-7)5(8)9/h7-8,11-19H,5-6,9-10H2,1-4H3;9-13H,5-8H2,1-4H3;8-10H,4-7H2,1-3H3;2-3,8-9H,1H3/t19-;13-;10-;/m000./s1. The molecular weight excluding hydrogens is 1210 g/mol. The van der Waals surface area contributed by atoms with Gasteiger partial charge >= 0.3 is 7.12 Å². The molecule has 0 aliphatic rings. The number of fused-ring (bicyclic) bond motifs is 1. The van der Waals surface area contributed by atoms with E-state index in [4.69, 9.17) is 54.8 Å². The van der Waals surface area contributed by atoms with Gasteiger partial charge in [-0.15, -0.1) is 11.3 Å². The summed E-state index contributed by atoms with van der Waals surface area (Å²) in [7, 11) is 4.02. The number of hydrogen-bond donors (Lipinski definition) is 2. The Labute approximate surface area is 542 Å². The van der Waals surface area contributed by atoms with Crippen LogP contribution in [-0.2, 0) is 21.1 Å². The first-order valence-electron chi connectivity index (χ1n) is 30.1. The number of aromatic nitrogens is 12. The Morgan fingerprint density at radius 2 is 0.955 bits per heavy atom. The van der Waals surface area contributed by atoms with Gasteiger partial charge in [0.15, 0.2) is 23.0 Å². The summed E-state index contributed by atoms with van der Waals surface area (Å²) in [6.45, 7) is 25.3. The third-order valence-electron chi connectivity index (χ3n) is 15.5. The maximum absolute atomic E-state index is 13.4. The van der Waals surface area contributed by atoms with Crippen LogP contribution in [-0.4, -0.2) is 166 Å². The van der Waals surface area contributed by atoms with Crippen molar-refractivity contribution >= 4 is 81.7 Å². The van der Waals surface area contributed by atoms with Gasteiger partial charge < -0.3 is 24.7 Å². The van der Waals surface area contributed by atoms with Crippen molar-refractivity contribution in [3.05, 3.63) is 142 Å². The van der Waals surface area contributed by atoms with Gasteiger partial charge in [0, 0.05) is 123 Å². The van der Waals surface area contributed by atoms with E-state index in [0.717, 1.165) is 85.8 Å². The van der Waals surface area contributed by atoms with E-state index in [0.29, 0.717) is 87.4 Å². The fourth-order valence-electron chi connectivity index (χ4n) is 10.2. The van der Waals surface area contributed by atoms with Crippen molar-refractivity contribution in [2.45, 2.75) is 119 Å². The van der Waals surface area contributed by atoms with Crippen LogP contribution in [0.4, 0.5) is 0 Å². The minimum absolute atomic E-state index is 0.0604. The van der Waals surface area contributed by atoms with Gasteiger partial charge in [-0.3, -0.25) is 28.4 Å². The number of halogens is 3. The molecule has 0 saturated carbocycles. The van der Waals surface area contributed by atoms with Crippen molar-refractivity contribution in [3.8, 4) is 44.3 Å². The molecule has 0 bridgehead atoms. The number of nitrogens with zero attached hydrogens (tertiary/aromatic N) is 15. The molecule has 9 rings (SSSR count). The normalized spacial score (nSPS) is 12.3. The number of thiophene rings is 1. The lowest BCUT2D eigenvalue weighted by Gasteiger charge is -2.26. The van der Waals surface area contributed by atoms with Crippen LogP contribution in [0, 0.1) is 0 Å². The Hall–Kier alpha value is -6.86. The van der Waals surface area contributed by atoms with Crippen molar-refractivity contribution in [2.24, 2.45) is 21.1 Å². The summed E-state index contributed by atoms with van der Waals surface area (Å²) < 4.78 is 6.69. The van der Waals surface area contributed by atoms with Gasteiger partial charge in [0.25, 0.3) is 0 Å². The van der Waals surface area contributed by atoms with Gasteiger partial charge in [-0.1, -0.05) is 82.4 Å². The third kappa shape index (κ3) is 20.8. The predicted octanol–water partition coefficient (Wildman–Crippen LogP) is 11.6. The second kappa shape index (κ2) is 34.9. The highest BCUT2D eigenvalue weighted by atomic mass is 35.5. The van der Waals surface area contributed by atoms with Gasteiger partial charge in [-0.05, 0) is 133 Å². The summed E-state index contributed by atoms with van der Waals surface area (Å²) in [4.78, 5) is 64.2. The number of ketones is 3. The number of rotatable bonds is 26. The Morgan fingerprint density at radius 1 is 0.528 bits per heavy atom. The molecule has 0 unspecified atom stereocenters. The van der Waals surface area contributed by atoms with Gasteiger partial charge in [0.05, 0.1) is 51.8 Å². The Bertz CT molecular complexity index is 3670. The summed E-state index contributed by atoms with van der Waals surface area (Å²) in [5.41, 5.74) is 8.35. The fourth-order valence-corrected chi connectivity index (χ4v) is 11.6. The lowest BCUT2D eigenvalue weighted by atomic mass is 9.83. The molecule has 0 aliphatic heterocycles. The van der Waals surface area contributed by atoms with Gasteiger partial charge in [0.1, 0.15) is 15.5 Å². The molecule has 0 spiro atoms. The molecule has 0 amide bonds. The zero-order chi connectivity index (χ0) is 64.9. The van der Waals surface area contributed by atoms with Crippen LogP contribution in [0.2, 0.25) is 15.5 Å². The monoisotopic (exact) mass is 1290 g/mol. The zero-order valence-electron chi connectivity index (χ0n) is 53.1. The first kappa shape index (κ1) is 71.2. The molecule has 25 heteroatoms. The molecule has 2 N–H and O–H groups in total. The van der Waals surface area contributed by atoms with Crippen LogP contribution in [0.3, 0.4) is 0 Å². The molecule has 0 aliphatic carbocycles. The summed E-state index contributed by atoms with van der Waals surface area (Å²) in [5.74, 6) is 0.269. The van der Waals surface area contributed by atoms with E-state index in [1.807, 2.05) is 62.3 Å². The minimum Gasteiger partial charge on any atom is -0.423 e. The summed E-state index contributed by atoms with van der Waals surface area (Å²) in [6, 6.07) is 17.5. The molecule has 474 valence electrons. The maximum Gasteiger partial charge on any atom is 0.491 e. The summed E-state index contributed by atoms with van der Waals surface area (Å²) >= 11 is 19.3. The highest BCUT2D eigenvalue weighted by molar-refractivity contribution is 7.13. The molecule has 0 saturated heterocycles. The predicted molar refractivity (Wildman–Crippen MR) is 358 cm³/mol. The van der Waals surface area contributed by atoms with Crippen molar-refractivity contribution < 1.29 is 24.4 Å². The van der Waals surface area contributed by atoms with Crippen molar-refractivity contribution in [1.29, 1.82) is 0 Å². The average molecular weight is 1290 g/mol. The Balaban J connectivity index is 0.000000209. The van der Waals surface area contributed by atoms with Gasteiger partial charge in [0.2, 0.25) is 0 Å². The minimum atomic E-state index is -1.40. The van der Waals surface area contributed by atoms with Crippen LogP contribution >= 0.6 is 46.1 Å². The number of hydrogen-bond acceptors (Lipinski definition) is 17. The second-order valence-electron chi connectivity index (χ2n) is 21.5. The van der Waals surface area contributed by atoms with Crippen LogP contribution in [0.25, 0.3) is 50.0 Å². The molecule has 9 aromatic heterocycles. The van der Waals surface area contributed by atoms with Gasteiger partial charge in [-0.2, -0.15) is 20.4 Å². The molecule has 9 aromatic rings. The lowest BCUT2D eigenvalue weighted by Crippen LogP contribution is -2.33. The third-order valence-corrected chi connectivity index (χ3v) is 16.9. The van der Waals surface area contributed by atoms with Crippen molar-refractivity contribution in [2.75, 3.05) is 39.3 Å². The summed E-state index contributed by atoms with van der Waals surface area (Å²) in [6.07, 6.45) is 17.8. The van der Waals surface area contributed by atoms with Crippen LogP contribution < -0.4 is 5.46 Å². The number of carbonyl (C=O) groups excluding carboxylic acids is 3. The molecule has 0 fully saturated rings. The van der Waals surface area contributed by atoms with E-state index in [1.165, 1.54) is 10.9 Å². The van der Waals surface area contributed by atoms with E-state index in [-0.39, 0.29) is 27.7 Å². The number of carbonyl (C=O) groups is 3. The quantitative estimate of drug-likeness (QED) is 0.0292. The van der Waals surface area contributed by atoms with E-state index in [2.05, 4.69) is 113 Å². The van der Waals surface area contributed by atoms with Crippen molar-refractivity contribution in [1.82, 2.24) is 73.6 Å². The van der Waals surface area contributed by atoms with E-state index in [1.54, 1.807) is 81.3 Å². The zero-order valence-corrected chi connectivity index (χ0v) is 56.1. The number of Topliss-reactive ketones (excluding diaryl/α,β-unsaturated/α-hetero) is 3. The first-order valence-corrected chi connectivity index (χ1v) is 32.2. The van der Waals surface area contributed by atoms with Crippen LogP contribution in [0.1, 0.15) is 132 Å². The largest absolute Gasteiger partial charge is 0.491 e. The molecule has 0 aromatic carbocycles. The first-order chi connectivity index (χ1) is 42.6. The maximum atomic E-state index is 13.4. The molecule has 89 heavy (non-hydrogen) atoms.